The molecule has 0 aliphatic carbocycles. The van der Waals surface area contributed by atoms with E-state index in [4.69, 9.17) is 4.74 Å². The molecule has 4 nitrogen and oxygen atoms in total. The highest BCUT2D eigenvalue weighted by molar-refractivity contribution is 5.13. The van der Waals surface area contributed by atoms with Crippen molar-refractivity contribution >= 4 is 0 Å². The molecule has 2 rings (SSSR count). The predicted molar refractivity (Wildman–Crippen MR) is 88.1 cm³/mol. The minimum atomic E-state index is -0.357. The van der Waals surface area contributed by atoms with Crippen LogP contribution in [0.3, 0.4) is 0 Å². The van der Waals surface area contributed by atoms with Crippen LogP contribution in [0.2, 0.25) is 0 Å². The van der Waals surface area contributed by atoms with Crippen LogP contribution in [0.4, 0.5) is 0 Å². The third-order valence-electron chi connectivity index (χ3n) is 4.19. The number of aliphatic hydroxyl groups is 1. The number of benzene rings is 1. The molecule has 0 saturated carbocycles. The van der Waals surface area contributed by atoms with Crippen molar-refractivity contribution in [3.63, 3.8) is 0 Å². The van der Waals surface area contributed by atoms with Crippen LogP contribution in [0, 0.1) is 0 Å². The number of rotatable bonds is 6. The summed E-state index contributed by atoms with van der Waals surface area (Å²) in [4.78, 5) is 3.15. The minimum absolute atomic E-state index is 0.172. The lowest BCUT2D eigenvalue weighted by Gasteiger charge is -2.31. The molecule has 1 aromatic rings. The van der Waals surface area contributed by atoms with Crippen LogP contribution in [0.5, 0.6) is 0 Å². The van der Waals surface area contributed by atoms with Gasteiger partial charge in [-0.1, -0.05) is 30.3 Å². The van der Waals surface area contributed by atoms with E-state index in [-0.39, 0.29) is 11.7 Å². The highest BCUT2D eigenvalue weighted by atomic mass is 16.5. The maximum absolute atomic E-state index is 10.1. The second kappa shape index (κ2) is 8.06. The Morgan fingerprint density at radius 3 is 2.23 bits per heavy atom. The third-order valence-corrected chi connectivity index (χ3v) is 4.19. The molecule has 0 radical (unpaired) electrons. The van der Waals surface area contributed by atoms with Gasteiger partial charge in [-0.2, -0.15) is 0 Å². The molecule has 0 aromatic heterocycles. The van der Waals surface area contributed by atoms with E-state index in [1.165, 1.54) is 23.6 Å². The van der Waals surface area contributed by atoms with Crippen LogP contribution in [-0.4, -0.2) is 56.1 Å². The Balaban J connectivity index is 1.66. The van der Waals surface area contributed by atoms with Crippen molar-refractivity contribution in [2.75, 3.05) is 39.3 Å². The van der Waals surface area contributed by atoms with Crippen molar-refractivity contribution in [1.82, 2.24) is 0 Å². The zero-order chi connectivity index (χ0) is 16.0. The first kappa shape index (κ1) is 17.4. The highest BCUT2D eigenvalue weighted by Crippen LogP contribution is 2.06. The molecule has 1 atom stereocenters. The fourth-order valence-corrected chi connectivity index (χ4v) is 2.96. The molecule has 1 fully saturated rings. The van der Waals surface area contributed by atoms with Gasteiger partial charge in [0.2, 0.25) is 0 Å². The van der Waals surface area contributed by atoms with Crippen molar-refractivity contribution < 1.29 is 19.6 Å². The summed E-state index contributed by atoms with van der Waals surface area (Å²) in [5, 5.41) is 10.1. The molecule has 0 amide bonds. The van der Waals surface area contributed by atoms with Gasteiger partial charge in [0.1, 0.15) is 45.4 Å². The quantitative estimate of drug-likeness (QED) is 0.640. The van der Waals surface area contributed by atoms with E-state index in [9.17, 15) is 5.11 Å². The number of hydrogen-bond acceptors (Lipinski definition) is 2. The van der Waals surface area contributed by atoms with Gasteiger partial charge in [-0.15, -0.1) is 0 Å². The highest BCUT2D eigenvalue weighted by Gasteiger charge is 2.25. The Labute approximate surface area is 134 Å². The van der Waals surface area contributed by atoms with Gasteiger partial charge >= 0.3 is 0 Å². The van der Waals surface area contributed by atoms with Gasteiger partial charge in [0.25, 0.3) is 0 Å². The number of hydrogen-bond donors (Lipinski definition) is 3. The molecular formula is C18H32N2O2+2. The second-order valence-electron chi connectivity index (χ2n) is 7.44. The van der Waals surface area contributed by atoms with Crippen molar-refractivity contribution in [3.05, 3.63) is 35.9 Å². The molecule has 0 unspecified atom stereocenters. The van der Waals surface area contributed by atoms with Crippen LogP contribution < -0.4 is 9.80 Å². The largest absolute Gasteiger partial charge is 0.385 e. The number of quaternary nitrogens is 2. The van der Waals surface area contributed by atoms with Crippen molar-refractivity contribution in [2.45, 2.75) is 39.0 Å². The molecule has 22 heavy (non-hydrogen) atoms. The first-order chi connectivity index (χ1) is 10.4. The lowest BCUT2D eigenvalue weighted by molar-refractivity contribution is -1.02. The van der Waals surface area contributed by atoms with E-state index in [2.05, 4.69) is 30.3 Å². The van der Waals surface area contributed by atoms with Gasteiger partial charge in [-0.05, 0) is 20.8 Å². The van der Waals surface area contributed by atoms with Gasteiger partial charge in [0, 0.05) is 5.56 Å². The molecule has 1 aliphatic rings. The summed E-state index contributed by atoms with van der Waals surface area (Å²) >= 11 is 0. The Hall–Kier alpha value is -0.940. The lowest BCUT2D eigenvalue weighted by Crippen LogP contribution is -3.28. The van der Waals surface area contributed by atoms with Crippen LogP contribution in [0.25, 0.3) is 0 Å². The first-order valence-electron chi connectivity index (χ1n) is 8.45. The fourth-order valence-electron chi connectivity index (χ4n) is 2.96. The van der Waals surface area contributed by atoms with E-state index in [0.717, 1.165) is 26.2 Å². The molecule has 1 aliphatic heterocycles. The van der Waals surface area contributed by atoms with E-state index < -0.39 is 0 Å². The average Bonchev–Trinajstić information content (AvgIpc) is 2.48. The van der Waals surface area contributed by atoms with Crippen LogP contribution in [0.1, 0.15) is 26.3 Å². The monoisotopic (exact) mass is 308 g/mol. The summed E-state index contributed by atoms with van der Waals surface area (Å²) < 4.78 is 5.66. The summed E-state index contributed by atoms with van der Waals surface area (Å²) in [7, 11) is 0. The van der Waals surface area contributed by atoms with Crippen LogP contribution >= 0.6 is 0 Å². The lowest BCUT2D eigenvalue weighted by atomic mass is 10.2. The van der Waals surface area contributed by atoms with E-state index in [0.29, 0.717) is 6.61 Å². The normalized spacial score (nSPS) is 24.2. The van der Waals surface area contributed by atoms with Crippen LogP contribution in [-0.2, 0) is 11.3 Å². The number of ether oxygens (including phenoxy) is 1. The molecule has 3 N–H and O–H groups in total. The third kappa shape index (κ3) is 6.44. The molecule has 0 bridgehead atoms. The topological polar surface area (TPSA) is 38.3 Å². The van der Waals surface area contributed by atoms with E-state index >= 15 is 0 Å². The maximum atomic E-state index is 10.1. The standard InChI is InChI=1S/C18H30N2O2/c1-18(2,3)22-15-17(21)14-20-11-9-19(10-12-20)13-16-7-5-4-6-8-16/h4-8,17,21H,9-15H2,1-3H3/p+2/t17-/m0/s1. The SMILES string of the molecule is CC(C)(C)OC[C@@H](O)C[NH+]1CC[NH+](Cc2ccccc2)CC1. The predicted octanol–water partition coefficient (Wildman–Crippen LogP) is -0.854. The molecule has 4 heteroatoms. The molecular weight excluding hydrogens is 276 g/mol. The fraction of sp³-hybridized carbons (Fsp3) is 0.667. The zero-order valence-electron chi connectivity index (χ0n) is 14.3. The number of piperazine rings is 1. The van der Waals surface area contributed by atoms with Gasteiger partial charge in [-0.3, -0.25) is 0 Å². The summed E-state index contributed by atoms with van der Waals surface area (Å²) in [6, 6.07) is 10.7. The number of aliphatic hydroxyl groups excluding tert-OH is 1. The molecule has 1 saturated heterocycles. The Morgan fingerprint density at radius 1 is 1.05 bits per heavy atom. The van der Waals surface area contributed by atoms with Crippen molar-refractivity contribution in [1.29, 1.82) is 0 Å². The number of nitrogens with one attached hydrogen (secondary N) is 2. The van der Waals surface area contributed by atoms with Gasteiger partial charge < -0.3 is 19.6 Å². The summed E-state index contributed by atoms with van der Waals surface area (Å²) in [5.41, 5.74) is 1.24. The molecule has 0 spiro atoms. The Bertz CT molecular complexity index is 422. The maximum Gasteiger partial charge on any atom is 0.127 e. The van der Waals surface area contributed by atoms with Gasteiger partial charge in [-0.25, -0.2) is 0 Å². The molecule has 124 valence electrons. The Kier molecular flexibility index (Phi) is 6.38. The molecule has 1 aromatic carbocycles. The summed E-state index contributed by atoms with van der Waals surface area (Å²) in [5.74, 6) is 0. The second-order valence-corrected chi connectivity index (χ2v) is 7.44. The van der Waals surface area contributed by atoms with Crippen molar-refractivity contribution in [3.8, 4) is 0 Å². The van der Waals surface area contributed by atoms with Gasteiger partial charge in [0.05, 0.1) is 12.2 Å². The smallest absolute Gasteiger partial charge is 0.127 e. The Morgan fingerprint density at radius 2 is 1.64 bits per heavy atom. The summed E-state index contributed by atoms with van der Waals surface area (Å²) in [6.45, 7) is 13.1. The van der Waals surface area contributed by atoms with E-state index in [1.807, 2.05) is 20.8 Å². The van der Waals surface area contributed by atoms with Crippen molar-refractivity contribution in [2.24, 2.45) is 0 Å². The first-order valence-corrected chi connectivity index (χ1v) is 8.45. The minimum Gasteiger partial charge on any atom is -0.385 e. The average molecular weight is 308 g/mol. The molecule has 1 heterocycles. The van der Waals surface area contributed by atoms with Gasteiger partial charge in [0.15, 0.2) is 0 Å². The summed E-state index contributed by atoms with van der Waals surface area (Å²) in [6.07, 6.45) is -0.357. The van der Waals surface area contributed by atoms with Crippen LogP contribution in [0.15, 0.2) is 30.3 Å². The zero-order valence-corrected chi connectivity index (χ0v) is 14.3. The van der Waals surface area contributed by atoms with E-state index in [1.54, 1.807) is 4.90 Å².